The fourth-order valence-corrected chi connectivity index (χ4v) is 5.24. The molecule has 3 rings (SSSR count). The summed E-state index contributed by atoms with van der Waals surface area (Å²) in [6.07, 6.45) is 10.3. The molecule has 0 bridgehead atoms. The Morgan fingerprint density at radius 2 is 1.70 bits per heavy atom. The quantitative estimate of drug-likeness (QED) is 0.171. The summed E-state index contributed by atoms with van der Waals surface area (Å²) in [6, 6.07) is 13.9. The normalized spacial score (nSPS) is 11.5. The van der Waals surface area contributed by atoms with Gasteiger partial charge in [-0.15, -0.1) is 0 Å². The van der Waals surface area contributed by atoms with Crippen LogP contribution in [0.25, 0.3) is 0 Å². The Bertz CT molecular complexity index is 1130. The number of benzene rings is 2. The predicted molar refractivity (Wildman–Crippen MR) is 156 cm³/mol. The van der Waals surface area contributed by atoms with E-state index in [1.54, 1.807) is 11.3 Å². The fourth-order valence-electron chi connectivity index (χ4n) is 4.46. The highest BCUT2D eigenvalue weighted by Crippen LogP contribution is 2.34. The number of aromatic nitrogens is 1. The minimum absolute atomic E-state index is 0.0924. The molecule has 0 aliphatic rings. The molecule has 1 amide bonds. The standard InChI is InChI=1S/C32H44N2O2S/c1-6-7-8-9-10-11-12-13-19-36-30-18-17-28(21-29(30)32(3,4)5)33-31(35)27-16-14-15-26(20-27)22-34-24-37-23-25(34)2/h14-18,20-21,23-24H,6-13,19,22H2,1-5H3/p+1. The average Bonchev–Trinajstić information content (AvgIpc) is 3.27. The third kappa shape index (κ3) is 9.30. The van der Waals surface area contributed by atoms with E-state index >= 15 is 0 Å². The molecule has 5 heteroatoms. The number of ether oxygens (including phenoxy) is 1. The molecule has 0 saturated carbocycles. The van der Waals surface area contributed by atoms with Crippen molar-refractivity contribution in [2.45, 2.75) is 97.9 Å². The Labute approximate surface area is 228 Å². The summed E-state index contributed by atoms with van der Waals surface area (Å²) < 4.78 is 8.41. The van der Waals surface area contributed by atoms with E-state index in [-0.39, 0.29) is 11.3 Å². The molecule has 0 fully saturated rings. The first-order valence-corrected chi connectivity index (χ1v) is 14.8. The van der Waals surface area contributed by atoms with Gasteiger partial charge in [0.1, 0.15) is 5.75 Å². The van der Waals surface area contributed by atoms with Gasteiger partial charge in [-0.1, -0.05) is 96.1 Å². The molecule has 0 atom stereocenters. The smallest absolute Gasteiger partial charge is 0.255 e. The Balaban J connectivity index is 1.58. The molecule has 200 valence electrons. The van der Waals surface area contributed by atoms with Crippen molar-refractivity contribution >= 4 is 22.9 Å². The van der Waals surface area contributed by atoms with E-state index < -0.39 is 0 Å². The summed E-state index contributed by atoms with van der Waals surface area (Å²) in [4.78, 5) is 13.1. The van der Waals surface area contributed by atoms with Gasteiger partial charge in [0.2, 0.25) is 5.51 Å². The first-order valence-electron chi connectivity index (χ1n) is 13.9. The number of nitrogens with zero attached hydrogens (tertiary/aromatic N) is 1. The van der Waals surface area contributed by atoms with Gasteiger partial charge in [-0.25, -0.2) is 0 Å². The average molecular weight is 522 g/mol. The number of carbonyl (C=O) groups excluding carboxylic acids is 1. The number of amides is 1. The van der Waals surface area contributed by atoms with Crippen molar-refractivity contribution in [3.63, 3.8) is 0 Å². The topological polar surface area (TPSA) is 42.2 Å². The van der Waals surface area contributed by atoms with E-state index in [1.165, 1.54) is 50.6 Å². The molecule has 37 heavy (non-hydrogen) atoms. The Hall–Kier alpha value is -2.66. The van der Waals surface area contributed by atoms with Crippen molar-refractivity contribution in [1.29, 1.82) is 0 Å². The van der Waals surface area contributed by atoms with Gasteiger partial charge in [-0.2, -0.15) is 4.57 Å². The molecule has 3 aromatic rings. The van der Waals surface area contributed by atoms with Crippen LogP contribution in [0.4, 0.5) is 5.69 Å². The highest BCUT2D eigenvalue weighted by Gasteiger charge is 2.20. The summed E-state index contributed by atoms with van der Waals surface area (Å²) in [5, 5.41) is 5.23. The molecule has 1 heterocycles. The molecule has 0 unspecified atom stereocenters. The molecule has 0 saturated heterocycles. The van der Waals surface area contributed by atoms with Crippen molar-refractivity contribution in [3.8, 4) is 5.75 Å². The van der Waals surface area contributed by atoms with Crippen LogP contribution in [0.15, 0.2) is 53.4 Å². The van der Waals surface area contributed by atoms with Crippen LogP contribution in [0.3, 0.4) is 0 Å². The molecular weight excluding hydrogens is 476 g/mol. The molecule has 1 aromatic heterocycles. The number of nitrogens with one attached hydrogen (secondary N) is 1. The van der Waals surface area contributed by atoms with E-state index in [0.717, 1.165) is 42.1 Å². The van der Waals surface area contributed by atoms with E-state index in [1.807, 2.05) is 30.3 Å². The maximum Gasteiger partial charge on any atom is 0.255 e. The van der Waals surface area contributed by atoms with Crippen LogP contribution in [-0.4, -0.2) is 12.5 Å². The van der Waals surface area contributed by atoms with Crippen LogP contribution in [-0.2, 0) is 12.0 Å². The lowest BCUT2D eigenvalue weighted by molar-refractivity contribution is -0.689. The summed E-state index contributed by atoms with van der Waals surface area (Å²) in [6.45, 7) is 12.4. The monoisotopic (exact) mass is 521 g/mol. The number of anilines is 1. The first-order chi connectivity index (χ1) is 17.8. The van der Waals surface area contributed by atoms with Crippen LogP contribution in [0.1, 0.15) is 106 Å². The second-order valence-corrected chi connectivity index (χ2v) is 11.8. The van der Waals surface area contributed by atoms with E-state index in [9.17, 15) is 4.79 Å². The highest BCUT2D eigenvalue weighted by molar-refractivity contribution is 7.07. The van der Waals surface area contributed by atoms with Gasteiger partial charge in [0, 0.05) is 29.3 Å². The summed E-state index contributed by atoms with van der Waals surface area (Å²) in [5.41, 5.74) is 6.92. The minimum Gasteiger partial charge on any atom is -0.493 e. The third-order valence-electron chi connectivity index (χ3n) is 6.72. The van der Waals surface area contributed by atoms with Crippen molar-refractivity contribution < 1.29 is 14.1 Å². The number of unbranched alkanes of at least 4 members (excludes halogenated alkanes) is 7. The fraction of sp³-hybridized carbons (Fsp3) is 0.500. The third-order valence-corrected chi connectivity index (χ3v) is 7.58. The van der Waals surface area contributed by atoms with Crippen molar-refractivity contribution in [2.75, 3.05) is 11.9 Å². The second kappa shape index (κ2) is 14.3. The van der Waals surface area contributed by atoms with Crippen LogP contribution >= 0.6 is 11.3 Å². The maximum absolute atomic E-state index is 13.1. The van der Waals surface area contributed by atoms with E-state index in [0.29, 0.717) is 5.56 Å². The Morgan fingerprint density at radius 1 is 0.973 bits per heavy atom. The van der Waals surface area contributed by atoms with E-state index in [2.05, 4.69) is 67.5 Å². The zero-order valence-electron chi connectivity index (χ0n) is 23.4. The molecule has 0 radical (unpaired) electrons. The lowest BCUT2D eigenvalue weighted by Gasteiger charge is -2.24. The largest absolute Gasteiger partial charge is 0.493 e. The number of hydrogen-bond acceptors (Lipinski definition) is 3. The van der Waals surface area contributed by atoms with Crippen LogP contribution < -0.4 is 14.6 Å². The highest BCUT2D eigenvalue weighted by atomic mass is 32.1. The lowest BCUT2D eigenvalue weighted by Crippen LogP contribution is -2.34. The molecule has 4 nitrogen and oxygen atoms in total. The number of carbonyl (C=O) groups is 1. The van der Waals surface area contributed by atoms with Gasteiger partial charge in [0.15, 0.2) is 12.2 Å². The van der Waals surface area contributed by atoms with Crippen molar-refractivity contribution in [1.82, 2.24) is 0 Å². The maximum atomic E-state index is 13.1. The summed E-state index contributed by atoms with van der Waals surface area (Å²) in [7, 11) is 0. The van der Waals surface area contributed by atoms with Crippen molar-refractivity contribution in [3.05, 3.63) is 75.7 Å². The van der Waals surface area contributed by atoms with Gasteiger partial charge >= 0.3 is 0 Å². The van der Waals surface area contributed by atoms with Crippen molar-refractivity contribution in [2.24, 2.45) is 0 Å². The predicted octanol–water partition coefficient (Wildman–Crippen LogP) is 8.46. The second-order valence-electron chi connectivity index (χ2n) is 11.1. The lowest BCUT2D eigenvalue weighted by atomic mass is 9.86. The Kier molecular flexibility index (Phi) is 11.2. The van der Waals surface area contributed by atoms with Gasteiger partial charge < -0.3 is 10.1 Å². The number of aryl methyl sites for hydroxylation is 1. The summed E-state index contributed by atoms with van der Waals surface area (Å²) >= 11 is 1.69. The molecule has 2 aromatic carbocycles. The van der Waals surface area contributed by atoms with Crippen LogP contribution in [0.5, 0.6) is 5.75 Å². The van der Waals surface area contributed by atoms with Gasteiger partial charge in [0.25, 0.3) is 5.91 Å². The molecule has 0 aliphatic heterocycles. The Morgan fingerprint density at radius 3 is 2.38 bits per heavy atom. The van der Waals surface area contributed by atoms with Gasteiger partial charge in [0.05, 0.1) is 12.0 Å². The molecule has 0 aliphatic carbocycles. The summed E-state index contributed by atoms with van der Waals surface area (Å²) in [5.74, 6) is 0.819. The van der Waals surface area contributed by atoms with Gasteiger partial charge in [-0.3, -0.25) is 4.79 Å². The zero-order chi connectivity index (χ0) is 26.7. The van der Waals surface area contributed by atoms with Gasteiger partial charge in [-0.05, 0) is 42.2 Å². The number of hydrogen-bond donors (Lipinski definition) is 1. The van der Waals surface area contributed by atoms with Crippen LogP contribution in [0.2, 0.25) is 0 Å². The molecule has 1 N–H and O–H groups in total. The number of thiazole rings is 1. The molecular formula is C32H45N2O2S+. The van der Waals surface area contributed by atoms with Crippen LogP contribution in [0, 0.1) is 6.92 Å². The van der Waals surface area contributed by atoms with E-state index in [4.69, 9.17) is 4.74 Å². The first kappa shape index (κ1) is 28.9. The number of rotatable bonds is 14. The SMILES string of the molecule is CCCCCCCCCCOc1ccc(NC(=O)c2cccc(C[n+]3cscc3C)c2)cc1C(C)(C)C. The molecule has 0 spiro atoms. The minimum atomic E-state index is -0.0960. The zero-order valence-corrected chi connectivity index (χ0v) is 24.3.